The quantitative estimate of drug-likeness (QED) is 0.705. The molecule has 0 aliphatic rings. The maximum Gasteiger partial charge on any atom is 0.251 e. The van der Waals surface area contributed by atoms with E-state index in [0.29, 0.717) is 12.8 Å². The predicted molar refractivity (Wildman–Crippen MR) is 114 cm³/mol. The van der Waals surface area contributed by atoms with Gasteiger partial charge in [0.15, 0.2) is 0 Å². The number of rotatable bonds is 6. The van der Waals surface area contributed by atoms with Crippen LogP contribution in [0.5, 0.6) is 0 Å². The molecule has 0 fully saturated rings. The van der Waals surface area contributed by atoms with Gasteiger partial charge in [-0.2, -0.15) is 5.26 Å². The van der Waals surface area contributed by atoms with E-state index in [1.165, 1.54) is 5.56 Å². The standard InChI is InChI=1S/C24H27N3O/c1-5-19-12-20-9-10-21(13-22(20)26-23(19)28)24(2,16-25)14-17-7-6-8-18(11-17)15-27(3)4/h6-13H,5,14-15H2,1-4H3,(H,26,28). The lowest BCUT2D eigenvalue weighted by molar-refractivity contribution is 0.402. The summed E-state index contributed by atoms with van der Waals surface area (Å²) in [7, 11) is 4.09. The van der Waals surface area contributed by atoms with Crippen LogP contribution in [-0.4, -0.2) is 24.0 Å². The van der Waals surface area contributed by atoms with Gasteiger partial charge < -0.3 is 9.88 Å². The molecule has 0 saturated carbocycles. The molecule has 4 nitrogen and oxygen atoms in total. The van der Waals surface area contributed by atoms with Gasteiger partial charge in [-0.15, -0.1) is 0 Å². The first kappa shape index (κ1) is 19.9. The second kappa shape index (κ2) is 8.00. The zero-order valence-corrected chi connectivity index (χ0v) is 17.0. The van der Waals surface area contributed by atoms with E-state index in [1.807, 2.05) is 52.2 Å². The van der Waals surface area contributed by atoms with Crippen LogP contribution in [-0.2, 0) is 24.8 Å². The molecule has 0 aliphatic carbocycles. The Bertz CT molecular complexity index is 1090. The molecule has 0 amide bonds. The second-order valence-electron chi connectivity index (χ2n) is 7.96. The Kier molecular flexibility index (Phi) is 5.67. The Hall–Kier alpha value is -2.90. The Morgan fingerprint density at radius 3 is 2.54 bits per heavy atom. The number of pyridine rings is 1. The summed E-state index contributed by atoms with van der Waals surface area (Å²) in [5.41, 5.74) is 4.12. The van der Waals surface area contributed by atoms with E-state index in [0.717, 1.165) is 34.1 Å². The van der Waals surface area contributed by atoms with Crippen LogP contribution < -0.4 is 5.56 Å². The molecular weight excluding hydrogens is 346 g/mol. The number of hydrogen-bond donors (Lipinski definition) is 1. The number of aromatic amines is 1. The summed E-state index contributed by atoms with van der Waals surface area (Å²) in [5, 5.41) is 11.0. The van der Waals surface area contributed by atoms with Crippen molar-refractivity contribution in [1.29, 1.82) is 5.26 Å². The van der Waals surface area contributed by atoms with Gasteiger partial charge in [0.1, 0.15) is 0 Å². The molecule has 0 radical (unpaired) electrons. The summed E-state index contributed by atoms with van der Waals surface area (Å²) < 4.78 is 0. The average molecular weight is 374 g/mol. The minimum absolute atomic E-state index is 0.0535. The molecule has 0 saturated heterocycles. The maximum absolute atomic E-state index is 12.2. The van der Waals surface area contributed by atoms with E-state index in [4.69, 9.17) is 0 Å². The molecule has 2 aromatic carbocycles. The number of fused-ring (bicyclic) bond motifs is 1. The summed E-state index contributed by atoms with van der Waals surface area (Å²) in [6.45, 7) is 4.81. The molecular formula is C24H27N3O. The molecule has 3 aromatic rings. The van der Waals surface area contributed by atoms with Gasteiger partial charge in [0.05, 0.1) is 11.5 Å². The summed E-state index contributed by atoms with van der Waals surface area (Å²) in [4.78, 5) is 17.3. The smallest absolute Gasteiger partial charge is 0.251 e. The topological polar surface area (TPSA) is 59.9 Å². The molecule has 28 heavy (non-hydrogen) atoms. The van der Waals surface area contributed by atoms with E-state index in [-0.39, 0.29) is 5.56 Å². The highest BCUT2D eigenvalue weighted by atomic mass is 16.1. The highest BCUT2D eigenvalue weighted by Gasteiger charge is 2.27. The molecule has 1 N–H and O–H groups in total. The van der Waals surface area contributed by atoms with Crippen LogP contribution in [0.15, 0.2) is 53.3 Å². The van der Waals surface area contributed by atoms with Crippen molar-refractivity contribution in [3.05, 3.63) is 81.1 Å². The predicted octanol–water partition coefficient (Wildman–Crippen LogP) is 4.18. The van der Waals surface area contributed by atoms with Crippen LogP contribution >= 0.6 is 0 Å². The van der Waals surface area contributed by atoms with Crippen LogP contribution in [0.1, 0.15) is 36.1 Å². The third-order valence-electron chi connectivity index (χ3n) is 5.24. The van der Waals surface area contributed by atoms with Gasteiger partial charge >= 0.3 is 0 Å². The molecule has 1 aromatic heterocycles. The number of nitrogens with one attached hydrogen (secondary N) is 1. The highest BCUT2D eigenvalue weighted by Crippen LogP contribution is 2.30. The zero-order valence-electron chi connectivity index (χ0n) is 17.0. The monoisotopic (exact) mass is 373 g/mol. The van der Waals surface area contributed by atoms with Gasteiger partial charge in [-0.05, 0) is 68.1 Å². The van der Waals surface area contributed by atoms with Gasteiger partial charge in [-0.25, -0.2) is 0 Å². The van der Waals surface area contributed by atoms with Gasteiger partial charge in [0, 0.05) is 17.6 Å². The number of nitriles is 1. The summed E-state index contributed by atoms with van der Waals surface area (Å²) in [6, 6.07) is 18.8. The van der Waals surface area contributed by atoms with Crippen molar-refractivity contribution >= 4 is 10.9 Å². The number of benzene rings is 2. The Balaban J connectivity index is 1.97. The van der Waals surface area contributed by atoms with E-state index >= 15 is 0 Å². The Morgan fingerprint density at radius 2 is 1.86 bits per heavy atom. The van der Waals surface area contributed by atoms with E-state index < -0.39 is 5.41 Å². The van der Waals surface area contributed by atoms with Crippen molar-refractivity contribution in [3.8, 4) is 6.07 Å². The maximum atomic E-state index is 12.2. The van der Waals surface area contributed by atoms with Gasteiger partial charge in [0.2, 0.25) is 0 Å². The van der Waals surface area contributed by atoms with Gasteiger partial charge in [-0.3, -0.25) is 4.79 Å². The number of aromatic nitrogens is 1. The number of aryl methyl sites for hydroxylation is 1. The minimum atomic E-state index is -0.675. The van der Waals surface area contributed by atoms with Crippen LogP contribution in [0.3, 0.4) is 0 Å². The summed E-state index contributed by atoms with van der Waals surface area (Å²) in [5.74, 6) is 0. The third-order valence-corrected chi connectivity index (χ3v) is 5.24. The van der Waals surface area contributed by atoms with Crippen molar-refractivity contribution in [2.75, 3.05) is 14.1 Å². The second-order valence-corrected chi connectivity index (χ2v) is 7.96. The molecule has 4 heteroatoms. The Morgan fingerprint density at radius 1 is 1.11 bits per heavy atom. The van der Waals surface area contributed by atoms with E-state index in [1.54, 1.807) is 0 Å². The number of H-pyrrole nitrogens is 1. The van der Waals surface area contributed by atoms with E-state index in [2.05, 4.69) is 40.2 Å². The van der Waals surface area contributed by atoms with Crippen molar-refractivity contribution in [1.82, 2.24) is 9.88 Å². The fourth-order valence-corrected chi connectivity index (χ4v) is 3.67. The van der Waals surface area contributed by atoms with Crippen LogP contribution in [0.4, 0.5) is 0 Å². The van der Waals surface area contributed by atoms with E-state index in [9.17, 15) is 10.1 Å². The fourth-order valence-electron chi connectivity index (χ4n) is 3.67. The lowest BCUT2D eigenvalue weighted by Gasteiger charge is -2.23. The molecule has 1 atom stereocenters. The molecule has 3 rings (SSSR count). The lowest BCUT2D eigenvalue weighted by Crippen LogP contribution is -2.23. The molecule has 1 heterocycles. The zero-order chi connectivity index (χ0) is 20.3. The van der Waals surface area contributed by atoms with Crippen LogP contribution in [0.2, 0.25) is 0 Å². The summed E-state index contributed by atoms with van der Waals surface area (Å²) in [6.07, 6.45) is 1.32. The summed E-state index contributed by atoms with van der Waals surface area (Å²) >= 11 is 0. The lowest BCUT2D eigenvalue weighted by atomic mass is 9.78. The highest BCUT2D eigenvalue weighted by molar-refractivity contribution is 5.80. The minimum Gasteiger partial charge on any atom is -0.322 e. The van der Waals surface area contributed by atoms with Crippen molar-refractivity contribution in [2.24, 2.45) is 0 Å². The first-order chi connectivity index (χ1) is 13.3. The van der Waals surface area contributed by atoms with Crippen LogP contribution in [0.25, 0.3) is 10.9 Å². The Labute approximate surface area is 166 Å². The molecule has 0 aliphatic heterocycles. The normalized spacial score (nSPS) is 13.4. The molecule has 0 bridgehead atoms. The van der Waals surface area contributed by atoms with Gasteiger partial charge in [0.25, 0.3) is 5.56 Å². The average Bonchev–Trinajstić information content (AvgIpc) is 2.66. The number of hydrogen-bond acceptors (Lipinski definition) is 3. The van der Waals surface area contributed by atoms with Crippen molar-refractivity contribution in [3.63, 3.8) is 0 Å². The molecule has 0 spiro atoms. The van der Waals surface area contributed by atoms with Crippen LogP contribution in [0, 0.1) is 11.3 Å². The largest absolute Gasteiger partial charge is 0.322 e. The van der Waals surface area contributed by atoms with Crippen molar-refractivity contribution in [2.45, 2.75) is 38.6 Å². The van der Waals surface area contributed by atoms with Gasteiger partial charge in [-0.1, -0.05) is 43.3 Å². The SMILES string of the molecule is CCc1cc2ccc(C(C)(C#N)Cc3cccc(CN(C)C)c3)cc2[nH]c1=O. The number of nitrogens with zero attached hydrogens (tertiary/aromatic N) is 2. The molecule has 144 valence electrons. The first-order valence-corrected chi connectivity index (χ1v) is 9.65. The third kappa shape index (κ3) is 4.16. The first-order valence-electron chi connectivity index (χ1n) is 9.65. The van der Waals surface area contributed by atoms with Crippen molar-refractivity contribution < 1.29 is 0 Å². The molecule has 1 unspecified atom stereocenters. The fraction of sp³-hybridized carbons (Fsp3) is 0.333.